The van der Waals surface area contributed by atoms with Crippen LogP contribution in [0.25, 0.3) is 0 Å². The number of ether oxygens (including phenoxy) is 1. The van der Waals surface area contributed by atoms with E-state index in [1.807, 2.05) is 44.3 Å². The second-order valence-electron chi connectivity index (χ2n) is 7.41. The maximum Gasteiger partial charge on any atom is 0.254 e. The lowest BCUT2D eigenvalue weighted by molar-refractivity contribution is -0.120. The van der Waals surface area contributed by atoms with Gasteiger partial charge in [-0.25, -0.2) is 0 Å². The fourth-order valence-corrected chi connectivity index (χ4v) is 3.53. The molecule has 0 aliphatic rings. The number of pyridine rings is 2. The number of rotatable bonds is 10. The molecule has 2 N–H and O–H groups in total. The summed E-state index contributed by atoms with van der Waals surface area (Å²) in [6.07, 6.45) is 5.02. The van der Waals surface area contributed by atoms with Gasteiger partial charge in [-0.2, -0.15) is 0 Å². The highest BCUT2D eigenvalue weighted by Crippen LogP contribution is 2.16. The maximum atomic E-state index is 12.9. The van der Waals surface area contributed by atoms with Crippen LogP contribution in [0.4, 0.5) is 0 Å². The maximum absolute atomic E-state index is 12.9. The van der Waals surface area contributed by atoms with E-state index in [-0.39, 0.29) is 17.9 Å². The van der Waals surface area contributed by atoms with Crippen molar-refractivity contribution in [3.63, 3.8) is 0 Å². The van der Waals surface area contributed by atoms with Crippen LogP contribution in [-0.4, -0.2) is 29.1 Å². The Morgan fingerprint density at radius 1 is 1.19 bits per heavy atom. The molecule has 1 aromatic carbocycles. The summed E-state index contributed by atoms with van der Waals surface area (Å²) in [6, 6.07) is 11.0. The first-order chi connectivity index (χ1) is 15.5. The van der Waals surface area contributed by atoms with Crippen molar-refractivity contribution in [2.24, 2.45) is 0 Å². The van der Waals surface area contributed by atoms with Crippen molar-refractivity contribution in [1.29, 1.82) is 0 Å². The van der Waals surface area contributed by atoms with Crippen LogP contribution in [0.1, 0.15) is 22.3 Å². The van der Waals surface area contributed by atoms with Crippen molar-refractivity contribution in [3.05, 3.63) is 92.6 Å². The molecule has 0 atom stereocenters. The highest BCUT2D eigenvalue weighted by molar-refractivity contribution is 6.30. The molecule has 0 aliphatic carbocycles. The molecule has 0 spiro atoms. The lowest BCUT2D eigenvalue weighted by Crippen LogP contribution is -2.32. The number of aromatic nitrogens is 2. The lowest BCUT2D eigenvalue weighted by Gasteiger charge is -2.13. The number of amides is 1. The molecule has 0 bridgehead atoms. The van der Waals surface area contributed by atoms with Gasteiger partial charge >= 0.3 is 0 Å². The van der Waals surface area contributed by atoms with Gasteiger partial charge in [0.1, 0.15) is 12.4 Å². The van der Waals surface area contributed by atoms with E-state index in [0.29, 0.717) is 42.6 Å². The quantitative estimate of drug-likeness (QED) is 0.492. The molecule has 0 fully saturated rings. The molecule has 1 amide bonds. The minimum Gasteiger partial charge on any atom is -0.490 e. The molecule has 0 aliphatic heterocycles. The van der Waals surface area contributed by atoms with E-state index in [2.05, 4.69) is 15.6 Å². The van der Waals surface area contributed by atoms with E-state index in [1.165, 1.54) is 0 Å². The molecule has 2 aromatic heterocycles. The van der Waals surface area contributed by atoms with Gasteiger partial charge in [0.15, 0.2) is 0 Å². The molecule has 0 saturated carbocycles. The fraction of sp³-hybridized carbons (Fsp3) is 0.292. The summed E-state index contributed by atoms with van der Waals surface area (Å²) in [5.74, 6) is 0.427. The van der Waals surface area contributed by atoms with Crippen LogP contribution in [0.15, 0.2) is 59.8 Å². The Morgan fingerprint density at radius 2 is 2.03 bits per heavy atom. The zero-order valence-electron chi connectivity index (χ0n) is 18.2. The molecular formula is C24H27ClN4O3. The van der Waals surface area contributed by atoms with Crippen LogP contribution in [0.5, 0.6) is 5.75 Å². The van der Waals surface area contributed by atoms with Crippen LogP contribution in [0.2, 0.25) is 5.02 Å². The summed E-state index contributed by atoms with van der Waals surface area (Å²) >= 11 is 6.11. The Bertz CT molecular complexity index is 1120. The van der Waals surface area contributed by atoms with Crippen LogP contribution in [0.3, 0.4) is 0 Å². The molecule has 7 nitrogen and oxygen atoms in total. The first-order valence-electron chi connectivity index (χ1n) is 10.4. The summed E-state index contributed by atoms with van der Waals surface area (Å²) < 4.78 is 7.19. The Hall–Kier alpha value is -3.16. The molecule has 8 heteroatoms. The monoisotopic (exact) mass is 454 g/mol. The fourth-order valence-electron chi connectivity index (χ4n) is 3.34. The minimum absolute atomic E-state index is 0.0108. The lowest BCUT2D eigenvalue weighted by atomic mass is 10.1. The predicted octanol–water partition coefficient (Wildman–Crippen LogP) is 2.86. The van der Waals surface area contributed by atoms with Gasteiger partial charge in [-0.1, -0.05) is 17.7 Å². The largest absolute Gasteiger partial charge is 0.490 e. The van der Waals surface area contributed by atoms with E-state index in [9.17, 15) is 9.59 Å². The normalized spacial score (nSPS) is 10.7. The third kappa shape index (κ3) is 6.42. The van der Waals surface area contributed by atoms with Crippen LogP contribution in [-0.2, 0) is 30.8 Å². The minimum atomic E-state index is -0.218. The molecular weight excluding hydrogens is 428 g/mol. The van der Waals surface area contributed by atoms with Crippen molar-refractivity contribution in [2.75, 3.05) is 13.7 Å². The van der Waals surface area contributed by atoms with Crippen LogP contribution >= 0.6 is 11.6 Å². The van der Waals surface area contributed by atoms with Crippen LogP contribution < -0.4 is 20.9 Å². The number of carbonyl (C=O) groups is 1. The third-order valence-electron chi connectivity index (χ3n) is 5.08. The average Bonchev–Trinajstić information content (AvgIpc) is 2.79. The standard InChI is InChI=1S/C24H27ClN4O3/c1-17-7-9-29(10-11-32-21-4-3-8-27-16-21)24(31)22(17)13-23(30)28-15-19-12-20(25)6-5-18(19)14-26-2/h3-9,12,16,26H,10-11,13-15H2,1-2H3,(H,28,30). The second kappa shape index (κ2) is 11.5. The number of hydrogen-bond acceptors (Lipinski definition) is 5. The molecule has 3 aromatic rings. The SMILES string of the molecule is CNCc1ccc(Cl)cc1CNC(=O)Cc1c(C)ccn(CCOc2cccnc2)c1=O. The first kappa shape index (κ1) is 23.5. The topological polar surface area (TPSA) is 85.2 Å². The van der Waals surface area contributed by atoms with E-state index < -0.39 is 0 Å². The van der Waals surface area contributed by atoms with Crippen molar-refractivity contribution in [3.8, 4) is 5.75 Å². The van der Waals surface area contributed by atoms with Crippen molar-refractivity contribution < 1.29 is 9.53 Å². The number of carbonyl (C=O) groups excluding carboxylic acids is 1. The average molecular weight is 455 g/mol. The number of nitrogens with zero attached hydrogens (tertiary/aromatic N) is 2. The number of nitrogens with one attached hydrogen (secondary N) is 2. The number of halogens is 1. The van der Waals surface area contributed by atoms with Gasteiger partial charge in [0, 0.05) is 36.1 Å². The number of aryl methyl sites for hydroxylation is 1. The summed E-state index contributed by atoms with van der Waals surface area (Å²) in [5.41, 5.74) is 3.08. The van der Waals surface area contributed by atoms with Gasteiger partial charge in [-0.05, 0) is 61.0 Å². The van der Waals surface area contributed by atoms with Crippen molar-refractivity contribution in [2.45, 2.75) is 33.0 Å². The number of benzene rings is 1. The van der Waals surface area contributed by atoms with E-state index in [4.69, 9.17) is 16.3 Å². The molecule has 32 heavy (non-hydrogen) atoms. The Labute approximate surface area is 192 Å². The van der Waals surface area contributed by atoms with Gasteiger partial charge in [-0.3, -0.25) is 14.6 Å². The molecule has 2 heterocycles. The Balaban J connectivity index is 1.63. The van der Waals surface area contributed by atoms with E-state index >= 15 is 0 Å². The Morgan fingerprint density at radius 3 is 2.78 bits per heavy atom. The third-order valence-corrected chi connectivity index (χ3v) is 5.32. The van der Waals surface area contributed by atoms with Gasteiger partial charge in [0.2, 0.25) is 5.91 Å². The zero-order chi connectivity index (χ0) is 22.9. The second-order valence-corrected chi connectivity index (χ2v) is 7.85. The van der Waals surface area contributed by atoms with E-state index in [0.717, 1.165) is 16.7 Å². The van der Waals surface area contributed by atoms with Gasteiger partial charge in [0.25, 0.3) is 5.56 Å². The molecule has 0 saturated heterocycles. The van der Waals surface area contributed by atoms with Crippen LogP contribution in [0, 0.1) is 6.92 Å². The summed E-state index contributed by atoms with van der Waals surface area (Å²) in [7, 11) is 1.86. The molecule has 168 valence electrons. The van der Waals surface area contributed by atoms with Crippen molar-refractivity contribution in [1.82, 2.24) is 20.2 Å². The van der Waals surface area contributed by atoms with Gasteiger partial charge < -0.3 is 19.9 Å². The predicted molar refractivity (Wildman–Crippen MR) is 125 cm³/mol. The highest BCUT2D eigenvalue weighted by Gasteiger charge is 2.13. The van der Waals surface area contributed by atoms with Gasteiger partial charge in [0.05, 0.1) is 19.2 Å². The first-order valence-corrected chi connectivity index (χ1v) is 10.8. The molecule has 3 rings (SSSR count). The molecule has 0 radical (unpaired) electrons. The number of hydrogen-bond donors (Lipinski definition) is 2. The zero-order valence-corrected chi connectivity index (χ0v) is 19.0. The summed E-state index contributed by atoms with van der Waals surface area (Å²) in [5, 5.41) is 6.63. The van der Waals surface area contributed by atoms with Gasteiger partial charge in [-0.15, -0.1) is 0 Å². The summed E-state index contributed by atoms with van der Waals surface area (Å²) in [6.45, 7) is 3.55. The molecule has 0 unspecified atom stereocenters. The summed E-state index contributed by atoms with van der Waals surface area (Å²) in [4.78, 5) is 29.5. The Kier molecular flexibility index (Phi) is 8.41. The smallest absolute Gasteiger partial charge is 0.254 e. The highest BCUT2D eigenvalue weighted by atomic mass is 35.5. The van der Waals surface area contributed by atoms with Crippen molar-refractivity contribution >= 4 is 17.5 Å². The van der Waals surface area contributed by atoms with E-state index in [1.54, 1.807) is 29.2 Å².